The van der Waals surface area contributed by atoms with Crippen LogP contribution >= 0.6 is 34.9 Å². The van der Waals surface area contributed by atoms with Gasteiger partial charge in [-0.2, -0.15) is 0 Å². The smallest absolute Gasteiger partial charge is 0.408 e. The summed E-state index contributed by atoms with van der Waals surface area (Å²) in [4.78, 5) is 61.3. The van der Waals surface area contributed by atoms with Crippen molar-refractivity contribution in [2.75, 3.05) is 11.5 Å². The number of esters is 1. The number of ketones is 1. The van der Waals surface area contributed by atoms with Crippen molar-refractivity contribution in [1.29, 1.82) is 0 Å². The fourth-order valence-electron chi connectivity index (χ4n) is 6.44. The van der Waals surface area contributed by atoms with Gasteiger partial charge in [-0.1, -0.05) is 111 Å². The Morgan fingerprint density at radius 3 is 2.02 bits per heavy atom. The summed E-state index contributed by atoms with van der Waals surface area (Å²) in [5, 5.41) is 8.71. The summed E-state index contributed by atoms with van der Waals surface area (Å²) in [5.74, 6) is -0.351. The quantitative estimate of drug-likeness (QED) is 0.0435. The monoisotopic (exact) mass is 854 g/mol. The first-order valence-electron chi connectivity index (χ1n) is 19.7. The third-order valence-electron chi connectivity index (χ3n) is 9.34. The number of thioether (sulfide) groups is 2. The van der Waals surface area contributed by atoms with Gasteiger partial charge in [0.05, 0.1) is 11.3 Å². The van der Waals surface area contributed by atoms with E-state index in [-0.39, 0.29) is 24.7 Å². The number of nitrogens with one attached hydrogen (secondary N) is 2. The SMILES string of the molecule is CC(=O)CC(/C=C/CCSC(c1ccccc1)(c1ccccc1)c1ccccc1)OC(=O)C(NC(=O)[C@]1(C)CSC(c2csc(CNC(=O)OC(C)(C)C)n2)=N1)C(C)C. The lowest BCUT2D eigenvalue weighted by molar-refractivity contribution is -0.153. The van der Waals surface area contributed by atoms with Crippen LogP contribution < -0.4 is 10.6 Å². The minimum atomic E-state index is -1.16. The zero-order chi connectivity index (χ0) is 42.6. The lowest BCUT2D eigenvalue weighted by atomic mass is 9.84. The maximum Gasteiger partial charge on any atom is 0.408 e. The number of amides is 2. The predicted octanol–water partition coefficient (Wildman–Crippen LogP) is 9.12. The molecule has 0 radical (unpaired) electrons. The summed E-state index contributed by atoms with van der Waals surface area (Å²) in [6.45, 7) is 12.4. The Labute approximate surface area is 360 Å². The van der Waals surface area contributed by atoms with Crippen molar-refractivity contribution in [3.05, 3.63) is 136 Å². The molecule has 1 aliphatic heterocycles. The van der Waals surface area contributed by atoms with Crippen LogP contribution in [0.4, 0.5) is 4.79 Å². The first-order chi connectivity index (χ1) is 28.1. The van der Waals surface area contributed by atoms with Crippen LogP contribution in [0.25, 0.3) is 0 Å². The second kappa shape index (κ2) is 20.5. The number of allylic oxidation sites excluding steroid dienone is 1. The van der Waals surface area contributed by atoms with E-state index in [9.17, 15) is 19.2 Å². The molecule has 1 aromatic heterocycles. The molecule has 2 N–H and O–H groups in total. The fraction of sp³-hybridized carbons (Fsp3) is 0.391. The molecule has 2 heterocycles. The number of thiazole rings is 1. The van der Waals surface area contributed by atoms with E-state index in [1.54, 1.807) is 33.8 Å². The number of hydrogen-bond donors (Lipinski definition) is 2. The van der Waals surface area contributed by atoms with Gasteiger partial charge in [0.15, 0.2) is 0 Å². The van der Waals surface area contributed by atoms with Crippen LogP contribution in [0, 0.1) is 5.92 Å². The molecule has 3 aromatic carbocycles. The summed E-state index contributed by atoms with van der Waals surface area (Å²) >= 11 is 4.61. The van der Waals surface area contributed by atoms with Gasteiger partial charge in [-0.05, 0) is 75.5 Å². The first-order valence-corrected chi connectivity index (χ1v) is 22.6. The number of carbonyl (C=O) groups excluding carboxylic acids is 4. The predicted molar refractivity (Wildman–Crippen MR) is 240 cm³/mol. The highest BCUT2D eigenvalue weighted by Gasteiger charge is 2.42. The number of hydrogen-bond acceptors (Lipinski definition) is 11. The maximum absolute atomic E-state index is 13.8. The largest absolute Gasteiger partial charge is 0.456 e. The molecule has 0 fully saturated rings. The summed E-state index contributed by atoms with van der Waals surface area (Å²) in [7, 11) is 0. The number of Topliss-reactive ketones (excluding diaryl/α,β-unsaturated/α-hetero) is 1. The lowest BCUT2D eigenvalue weighted by Crippen LogP contribution is -2.53. The number of aliphatic imine (C=N–C) groups is 1. The molecule has 2 amide bonds. The van der Waals surface area contributed by atoms with E-state index in [0.717, 1.165) is 5.75 Å². The molecule has 0 bridgehead atoms. The number of nitrogens with zero attached hydrogens (tertiary/aromatic N) is 2. The number of aromatic nitrogens is 1. The minimum absolute atomic E-state index is 0.0149. The van der Waals surface area contributed by atoms with Crippen molar-refractivity contribution < 1.29 is 28.7 Å². The van der Waals surface area contributed by atoms with Gasteiger partial charge in [0.2, 0.25) is 5.91 Å². The summed E-state index contributed by atoms with van der Waals surface area (Å²) < 4.78 is 10.8. The third kappa shape index (κ3) is 12.4. The van der Waals surface area contributed by atoms with Crippen molar-refractivity contribution >= 4 is 63.7 Å². The molecule has 3 atom stereocenters. The zero-order valence-corrected chi connectivity index (χ0v) is 37.2. The summed E-state index contributed by atoms with van der Waals surface area (Å²) in [6, 6.07) is 30.5. The molecular formula is C46H54N4O6S3. The number of rotatable bonds is 18. The van der Waals surface area contributed by atoms with E-state index in [0.29, 0.717) is 27.9 Å². The van der Waals surface area contributed by atoms with Crippen molar-refractivity contribution in [2.45, 2.75) is 95.9 Å². The molecule has 0 saturated heterocycles. The lowest BCUT2D eigenvalue weighted by Gasteiger charge is -2.35. The van der Waals surface area contributed by atoms with Gasteiger partial charge in [-0.15, -0.1) is 34.9 Å². The van der Waals surface area contributed by atoms with Gasteiger partial charge in [-0.3, -0.25) is 14.6 Å². The number of carbonyl (C=O) groups is 4. The second-order valence-electron chi connectivity index (χ2n) is 15.9. The average molecular weight is 855 g/mol. The molecule has 5 rings (SSSR count). The molecule has 4 aromatic rings. The third-order valence-corrected chi connectivity index (χ3v) is 13.0. The van der Waals surface area contributed by atoms with E-state index in [1.165, 1.54) is 46.7 Å². The van der Waals surface area contributed by atoms with Crippen LogP contribution in [0.15, 0.2) is 114 Å². The van der Waals surface area contributed by atoms with Gasteiger partial charge in [-0.25, -0.2) is 14.6 Å². The summed E-state index contributed by atoms with van der Waals surface area (Å²) in [6.07, 6.45) is 3.10. The molecule has 13 heteroatoms. The standard InChI is InChI=1S/C46H54N4O6S3/c1-31(2)39(49-42(53)45(7)30-58-40(50-45)37-29-57-38(48-37)28-47-43(54)56-44(4,5)6)41(52)55-36(27-32(3)51)25-17-18-26-59-46(33-19-11-8-12-20-33,34-21-13-9-14-22-34)35-23-15-10-16-24-35/h8-17,19-25,29,31,36,39H,18,26-28,30H2,1-7H3,(H,47,54)(H,49,53)/b25-17+/t36?,39?,45-/m0/s1. The van der Waals surface area contributed by atoms with Crippen molar-refractivity contribution in [2.24, 2.45) is 10.9 Å². The van der Waals surface area contributed by atoms with E-state index < -0.39 is 46.0 Å². The normalized spacial score (nSPS) is 16.6. The van der Waals surface area contributed by atoms with Crippen LogP contribution in [0.1, 0.15) is 88.7 Å². The minimum Gasteiger partial charge on any atom is -0.456 e. The Hall–Kier alpha value is -4.72. The molecule has 1 aliphatic rings. The topological polar surface area (TPSA) is 136 Å². The van der Waals surface area contributed by atoms with Crippen LogP contribution in [-0.4, -0.2) is 68.6 Å². The molecule has 59 heavy (non-hydrogen) atoms. The highest BCUT2D eigenvalue weighted by Crippen LogP contribution is 2.48. The van der Waals surface area contributed by atoms with Gasteiger partial charge < -0.3 is 20.1 Å². The highest BCUT2D eigenvalue weighted by molar-refractivity contribution is 8.14. The number of ether oxygens (including phenoxy) is 2. The van der Waals surface area contributed by atoms with Crippen LogP contribution in [0.5, 0.6) is 0 Å². The Kier molecular flexibility index (Phi) is 15.8. The van der Waals surface area contributed by atoms with E-state index in [1.807, 2.05) is 55.3 Å². The van der Waals surface area contributed by atoms with Gasteiger partial charge in [0, 0.05) is 17.6 Å². The molecule has 0 spiro atoms. The zero-order valence-electron chi connectivity index (χ0n) is 34.7. The molecular weight excluding hydrogens is 801 g/mol. The van der Waals surface area contributed by atoms with Crippen molar-refractivity contribution in [3.8, 4) is 0 Å². The Balaban J connectivity index is 1.23. The van der Waals surface area contributed by atoms with E-state index in [4.69, 9.17) is 14.5 Å². The van der Waals surface area contributed by atoms with E-state index in [2.05, 4.69) is 88.4 Å². The van der Waals surface area contributed by atoms with Crippen molar-refractivity contribution in [3.63, 3.8) is 0 Å². The van der Waals surface area contributed by atoms with Crippen LogP contribution in [0.3, 0.4) is 0 Å². The highest BCUT2D eigenvalue weighted by atomic mass is 32.2. The number of alkyl carbamates (subject to hydrolysis) is 1. The Morgan fingerprint density at radius 1 is 0.915 bits per heavy atom. The Morgan fingerprint density at radius 2 is 1.49 bits per heavy atom. The van der Waals surface area contributed by atoms with Gasteiger partial charge >= 0.3 is 12.1 Å². The molecule has 2 unspecified atom stereocenters. The second-order valence-corrected chi connectivity index (χ2v) is 19.1. The van der Waals surface area contributed by atoms with Gasteiger partial charge in [0.1, 0.15) is 44.8 Å². The first kappa shape index (κ1) is 45.4. The van der Waals surface area contributed by atoms with Crippen LogP contribution in [-0.2, 0) is 35.1 Å². The van der Waals surface area contributed by atoms with Gasteiger partial charge in [0.25, 0.3) is 0 Å². The van der Waals surface area contributed by atoms with Crippen LogP contribution in [0.2, 0.25) is 0 Å². The Bertz CT molecular complexity index is 2000. The molecule has 312 valence electrons. The molecule has 0 aliphatic carbocycles. The molecule has 10 nitrogen and oxygen atoms in total. The summed E-state index contributed by atoms with van der Waals surface area (Å²) in [5.41, 5.74) is 2.36. The average Bonchev–Trinajstić information content (AvgIpc) is 3.85. The molecule has 0 saturated carbocycles. The number of benzene rings is 3. The van der Waals surface area contributed by atoms with E-state index >= 15 is 0 Å². The maximum atomic E-state index is 13.8. The van der Waals surface area contributed by atoms with Crippen molar-refractivity contribution in [1.82, 2.24) is 15.6 Å². The fourth-order valence-corrected chi connectivity index (χ4v) is 9.84.